The molecule has 2 aromatic rings. The first kappa shape index (κ1) is 9.03. The summed E-state index contributed by atoms with van der Waals surface area (Å²) in [5, 5.41) is 3.37. The minimum absolute atomic E-state index is 0.940. The van der Waals surface area contributed by atoms with E-state index in [0.717, 1.165) is 10.2 Å². The third-order valence-electron chi connectivity index (χ3n) is 2.08. The molecular formula is C10H9BrOS. The van der Waals surface area contributed by atoms with Crippen LogP contribution in [0.15, 0.2) is 22.0 Å². The molecule has 0 aliphatic carbocycles. The summed E-state index contributed by atoms with van der Waals surface area (Å²) in [5.74, 6) is 0.940. The molecule has 2 rings (SSSR count). The van der Waals surface area contributed by atoms with Gasteiger partial charge in [0, 0.05) is 10.3 Å². The zero-order chi connectivity index (χ0) is 9.42. The van der Waals surface area contributed by atoms with E-state index in [1.807, 2.05) is 0 Å². The van der Waals surface area contributed by atoms with Gasteiger partial charge in [0.05, 0.1) is 11.6 Å². The Morgan fingerprint density at radius 3 is 2.92 bits per heavy atom. The molecule has 0 N–H and O–H groups in total. The number of rotatable bonds is 1. The van der Waals surface area contributed by atoms with Crippen LogP contribution in [0.4, 0.5) is 0 Å². The van der Waals surface area contributed by atoms with E-state index in [1.165, 1.54) is 15.6 Å². The normalized spacial score (nSPS) is 10.7. The summed E-state index contributed by atoms with van der Waals surface area (Å²) in [5.41, 5.74) is 1.21. The topological polar surface area (TPSA) is 9.23 Å². The molecule has 0 aliphatic rings. The first-order chi connectivity index (χ1) is 6.24. The van der Waals surface area contributed by atoms with Crippen LogP contribution in [0.2, 0.25) is 0 Å². The Labute approximate surface area is 89.5 Å². The average Bonchev–Trinajstić information content (AvgIpc) is 2.53. The van der Waals surface area contributed by atoms with Crippen molar-refractivity contribution < 1.29 is 4.74 Å². The quantitative estimate of drug-likeness (QED) is 0.750. The maximum Gasteiger partial charge on any atom is 0.137 e. The number of halogens is 1. The minimum Gasteiger partial charge on any atom is -0.495 e. The van der Waals surface area contributed by atoms with Crippen molar-refractivity contribution >= 4 is 37.4 Å². The Balaban J connectivity index is 2.85. The van der Waals surface area contributed by atoms with Gasteiger partial charge in [-0.15, -0.1) is 11.3 Å². The molecule has 0 bridgehead atoms. The van der Waals surface area contributed by atoms with Crippen molar-refractivity contribution in [3.63, 3.8) is 0 Å². The Hall–Kier alpha value is -0.540. The maximum absolute atomic E-state index is 5.31. The molecule has 0 spiro atoms. The van der Waals surface area contributed by atoms with Crippen LogP contribution in [0.1, 0.15) is 5.56 Å². The fraction of sp³-hybridized carbons (Fsp3) is 0.200. The largest absolute Gasteiger partial charge is 0.495 e. The van der Waals surface area contributed by atoms with E-state index in [2.05, 4.69) is 40.4 Å². The standard InChI is InChI=1S/C10H9BrOS/c1-6-9(12-2)8(11)5-7-3-4-13-10(6)7/h3-5H,1-2H3. The van der Waals surface area contributed by atoms with Crippen LogP contribution in [-0.2, 0) is 0 Å². The second-order valence-electron chi connectivity index (χ2n) is 2.86. The lowest BCUT2D eigenvalue weighted by molar-refractivity contribution is 0.410. The van der Waals surface area contributed by atoms with Crippen LogP contribution >= 0.6 is 27.3 Å². The molecular weight excluding hydrogens is 248 g/mol. The molecule has 13 heavy (non-hydrogen) atoms. The Bertz CT molecular complexity index is 447. The Kier molecular flexibility index (Phi) is 2.30. The van der Waals surface area contributed by atoms with Crippen LogP contribution in [0, 0.1) is 6.92 Å². The molecule has 68 valence electrons. The fourth-order valence-corrected chi connectivity index (χ4v) is 3.06. The van der Waals surface area contributed by atoms with Gasteiger partial charge in [-0.2, -0.15) is 0 Å². The lowest BCUT2D eigenvalue weighted by Crippen LogP contribution is -1.88. The Morgan fingerprint density at radius 1 is 1.46 bits per heavy atom. The van der Waals surface area contributed by atoms with Crippen LogP contribution in [-0.4, -0.2) is 7.11 Å². The van der Waals surface area contributed by atoms with Crippen LogP contribution in [0.5, 0.6) is 5.75 Å². The molecule has 1 heterocycles. The number of fused-ring (bicyclic) bond motifs is 1. The summed E-state index contributed by atoms with van der Waals surface area (Å²) in [7, 11) is 1.70. The lowest BCUT2D eigenvalue weighted by atomic mass is 10.2. The monoisotopic (exact) mass is 256 g/mol. The van der Waals surface area contributed by atoms with Crippen molar-refractivity contribution in [2.45, 2.75) is 6.92 Å². The van der Waals surface area contributed by atoms with Crippen molar-refractivity contribution in [1.82, 2.24) is 0 Å². The zero-order valence-corrected chi connectivity index (χ0v) is 9.83. The van der Waals surface area contributed by atoms with E-state index < -0.39 is 0 Å². The molecule has 0 saturated heterocycles. The van der Waals surface area contributed by atoms with Gasteiger partial charge < -0.3 is 4.74 Å². The summed E-state index contributed by atoms with van der Waals surface area (Å²) >= 11 is 5.24. The van der Waals surface area contributed by atoms with E-state index in [1.54, 1.807) is 18.4 Å². The molecule has 3 heteroatoms. The highest BCUT2D eigenvalue weighted by molar-refractivity contribution is 9.10. The number of thiophene rings is 1. The predicted octanol–water partition coefficient (Wildman–Crippen LogP) is 3.98. The summed E-state index contributed by atoms with van der Waals surface area (Å²) in [6.45, 7) is 2.09. The van der Waals surface area contributed by atoms with Crippen molar-refractivity contribution in [3.8, 4) is 5.75 Å². The van der Waals surface area contributed by atoms with Crippen molar-refractivity contribution in [2.24, 2.45) is 0 Å². The van der Waals surface area contributed by atoms with Gasteiger partial charge in [0.2, 0.25) is 0 Å². The highest BCUT2D eigenvalue weighted by Crippen LogP contribution is 2.37. The smallest absolute Gasteiger partial charge is 0.137 e. The first-order valence-corrected chi connectivity index (χ1v) is 5.61. The van der Waals surface area contributed by atoms with E-state index in [-0.39, 0.29) is 0 Å². The third kappa shape index (κ3) is 1.36. The molecule has 0 amide bonds. The van der Waals surface area contributed by atoms with Gasteiger partial charge in [0.25, 0.3) is 0 Å². The molecule has 1 nitrogen and oxygen atoms in total. The number of methoxy groups -OCH3 is 1. The highest BCUT2D eigenvalue weighted by Gasteiger charge is 2.09. The molecule has 0 unspecified atom stereocenters. The van der Waals surface area contributed by atoms with Crippen molar-refractivity contribution in [1.29, 1.82) is 0 Å². The summed E-state index contributed by atoms with van der Waals surface area (Å²) in [6, 6.07) is 4.22. The van der Waals surface area contributed by atoms with Gasteiger partial charge in [-0.05, 0) is 45.8 Å². The van der Waals surface area contributed by atoms with Crippen LogP contribution in [0.25, 0.3) is 10.1 Å². The SMILES string of the molecule is COc1c(Br)cc2ccsc2c1C. The maximum atomic E-state index is 5.31. The number of benzene rings is 1. The molecule has 1 aromatic carbocycles. The van der Waals surface area contributed by atoms with E-state index >= 15 is 0 Å². The average molecular weight is 257 g/mol. The molecule has 0 fully saturated rings. The second kappa shape index (κ2) is 3.31. The van der Waals surface area contributed by atoms with Crippen molar-refractivity contribution in [3.05, 3.63) is 27.5 Å². The summed E-state index contributed by atoms with van der Waals surface area (Å²) < 4.78 is 7.64. The lowest BCUT2D eigenvalue weighted by Gasteiger charge is -2.07. The third-order valence-corrected chi connectivity index (χ3v) is 3.72. The van der Waals surface area contributed by atoms with Gasteiger partial charge in [0.1, 0.15) is 5.75 Å². The zero-order valence-electron chi connectivity index (χ0n) is 7.43. The number of hydrogen-bond acceptors (Lipinski definition) is 2. The number of aryl methyl sites for hydroxylation is 1. The highest BCUT2D eigenvalue weighted by atomic mass is 79.9. The van der Waals surface area contributed by atoms with E-state index in [9.17, 15) is 0 Å². The Morgan fingerprint density at radius 2 is 2.23 bits per heavy atom. The fourth-order valence-electron chi connectivity index (χ4n) is 1.47. The molecule has 1 aromatic heterocycles. The van der Waals surface area contributed by atoms with Gasteiger partial charge in [-0.3, -0.25) is 0 Å². The molecule has 0 saturated carbocycles. The summed E-state index contributed by atoms with van der Waals surface area (Å²) in [4.78, 5) is 0. The van der Waals surface area contributed by atoms with Gasteiger partial charge in [-0.25, -0.2) is 0 Å². The van der Waals surface area contributed by atoms with Gasteiger partial charge >= 0.3 is 0 Å². The van der Waals surface area contributed by atoms with E-state index in [0.29, 0.717) is 0 Å². The second-order valence-corrected chi connectivity index (χ2v) is 4.63. The number of ether oxygens (including phenoxy) is 1. The van der Waals surface area contributed by atoms with Crippen molar-refractivity contribution in [2.75, 3.05) is 7.11 Å². The molecule has 0 aliphatic heterocycles. The molecule has 0 atom stereocenters. The molecule has 0 radical (unpaired) electrons. The predicted molar refractivity (Wildman–Crippen MR) is 60.8 cm³/mol. The van der Waals surface area contributed by atoms with Gasteiger partial charge in [-0.1, -0.05) is 0 Å². The number of hydrogen-bond donors (Lipinski definition) is 0. The van der Waals surface area contributed by atoms with E-state index in [4.69, 9.17) is 4.74 Å². The van der Waals surface area contributed by atoms with Crippen LogP contribution < -0.4 is 4.74 Å². The minimum atomic E-state index is 0.940. The van der Waals surface area contributed by atoms with Gasteiger partial charge in [0.15, 0.2) is 0 Å². The summed E-state index contributed by atoms with van der Waals surface area (Å²) in [6.07, 6.45) is 0. The van der Waals surface area contributed by atoms with Crippen LogP contribution in [0.3, 0.4) is 0 Å². The first-order valence-electron chi connectivity index (χ1n) is 3.94.